The summed E-state index contributed by atoms with van der Waals surface area (Å²) in [6.07, 6.45) is 4.15. The normalized spacial score (nSPS) is 12.2. The number of ether oxygens (including phenoxy) is 2. The van der Waals surface area contributed by atoms with Gasteiger partial charge in [0.05, 0.1) is 25.5 Å². The molecule has 1 aromatic rings. The van der Waals surface area contributed by atoms with Crippen LogP contribution in [0, 0.1) is 0 Å². The van der Waals surface area contributed by atoms with Crippen LogP contribution in [-0.4, -0.2) is 55.2 Å². The predicted molar refractivity (Wildman–Crippen MR) is 91.8 cm³/mol. The van der Waals surface area contributed by atoms with Crippen molar-refractivity contribution in [3.05, 3.63) is 24.3 Å². The summed E-state index contributed by atoms with van der Waals surface area (Å²) in [5.41, 5.74) is 0.749. The monoisotopic (exact) mass is 328 g/mol. The van der Waals surface area contributed by atoms with Gasteiger partial charge >= 0.3 is 0 Å². The van der Waals surface area contributed by atoms with Gasteiger partial charge in [-0.15, -0.1) is 0 Å². The van der Waals surface area contributed by atoms with Crippen molar-refractivity contribution in [2.24, 2.45) is 0 Å². The maximum Gasteiger partial charge on any atom is 0.229 e. The average molecular weight is 328 g/mol. The molecular weight excluding hydrogens is 302 g/mol. The van der Waals surface area contributed by atoms with Crippen LogP contribution in [-0.2, 0) is 20.4 Å². The summed E-state index contributed by atoms with van der Waals surface area (Å²) >= 11 is 0. The first-order chi connectivity index (χ1) is 10.5. The summed E-state index contributed by atoms with van der Waals surface area (Å²) in [6, 6.07) is 7.13. The van der Waals surface area contributed by atoms with Gasteiger partial charge in [-0.1, -0.05) is 0 Å². The first-order valence-electron chi connectivity index (χ1n) is 7.34. The van der Waals surface area contributed by atoms with Gasteiger partial charge in [-0.2, -0.15) is 0 Å². The minimum atomic E-state index is -0.642. The molecule has 124 valence electrons. The fraction of sp³-hybridized carbons (Fsp3) is 0.562. The van der Waals surface area contributed by atoms with E-state index in [1.54, 1.807) is 24.3 Å². The van der Waals surface area contributed by atoms with Crippen molar-refractivity contribution in [3.63, 3.8) is 0 Å². The highest BCUT2D eigenvalue weighted by atomic mass is 32.2. The highest BCUT2D eigenvalue weighted by Crippen LogP contribution is 2.16. The van der Waals surface area contributed by atoms with Crippen molar-refractivity contribution in [3.8, 4) is 5.75 Å². The van der Waals surface area contributed by atoms with Crippen LogP contribution in [0.3, 0.4) is 0 Å². The minimum Gasteiger partial charge on any atom is -0.491 e. The molecule has 0 saturated carbocycles. The largest absolute Gasteiger partial charge is 0.491 e. The topological polar surface area (TPSA) is 67.8 Å². The maximum atomic E-state index is 11.7. The van der Waals surface area contributed by atoms with E-state index in [0.717, 1.165) is 11.4 Å². The highest BCUT2D eigenvalue weighted by molar-refractivity contribution is 7.95. The Morgan fingerprint density at radius 3 is 2.55 bits per heavy atom. The van der Waals surface area contributed by atoms with E-state index in [1.165, 1.54) is 0 Å². The number of rotatable bonds is 10. The lowest BCUT2D eigenvalue weighted by Crippen LogP contribution is -2.23. The molecule has 0 saturated heterocycles. The molecule has 1 amide bonds. The summed E-state index contributed by atoms with van der Waals surface area (Å²) in [5, 5.41) is 12.5. The molecule has 0 bridgehead atoms. The summed E-state index contributed by atoms with van der Waals surface area (Å²) in [6.45, 7) is 2.90. The quantitative estimate of drug-likeness (QED) is 0.641. The van der Waals surface area contributed by atoms with Crippen molar-refractivity contribution in [2.75, 3.05) is 43.4 Å². The van der Waals surface area contributed by atoms with Gasteiger partial charge in [-0.25, -0.2) is 0 Å². The lowest BCUT2D eigenvalue weighted by molar-refractivity contribution is -0.115. The van der Waals surface area contributed by atoms with Gasteiger partial charge in [-0.3, -0.25) is 4.79 Å². The Labute approximate surface area is 135 Å². The summed E-state index contributed by atoms with van der Waals surface area (Å²) < 4.78 is 10.6. The predicted octanol–water partition coefficient (Wildman–Crippen LogP) is 1.67. The zero-order chi connectivity index (χ0) is 16.4. The molecule has 0 radical (unpaired) electrons. The lowest BCUT2D eigenvalue weighted by Gasteiger charge is -2.12. The van der Waals surface area contributed by atoms with E-state index >= 15 is 0 Å². The van der Waals surface area contributed by atoms with Crippen LogP contribution in [0.5, 0.6) is 5.75 Å². The zero-order valence-electron chi connectivity index (χ0n) is 13.5. The lowest BCUT2D eigenvalue weighted by atomic mass is 10.3. The van der Waals surface area contributed by atoms with Crippen LogP contribution in [0.15, 0.2) is 24.3 Å². The van der Waals surface area contributed by atoms with Crippen LogP contribution in [0.2, 0.25) is 0 Å². The molecule has 22 heavy (non-hydrogen) atoms. The van der Waals surface area contributed by atoms with Crippen molar-refractivity contribution in [2.45, 2.75) is 19.4 Å². The van der Waals surface area contributed by atoms with Crippen LogP contribution < -0.4 is 10.1 Å². The van der Waals surface area contributed by atoms with E-state index in [0.29, 0.717) is 18.8 Å². The fourth-order valence-electron chi connectivity index (χ4n) is 1.65. The van der Waals surface area contributed by atoms with Crippen molar-refractivity contribution in [1.82, 2.24) is 0 Å². The van der Waals surface area contributed by atoms with Gasteiger partial charge in [0.25, 0.3) is 0 Å². The van der Waals surface area contributed by atoms with E-state index < -0.39 is 6.10 Å². The SMILES string of the molecule is CCOCC(O)COc1ccc(NC(=O)CC[S+](C)C)cc1. The number of aliphatic hydroxyl groups is 1. The number of carbonyl (C=O) groups is 1. The molecule has 5 nitrogen and oxygen atoms in total. The molecule has 1 aromatic carbocycles. The summed E-state index contributed by atoms with van der Waals surface area (Å²) in [7, 11) is 0.277. The molecular formula is C16H26NO4S+. The van der Waals surface area contributed by atoms with Crippen molar-refractivity contribution in [1.29, 1.82) is 0 Å². The average Bonchev–Trinajstić information content (AvgIpc) is 2.50. The Morgan fingerprint density at radius 2 is 1.95 bits per heavy atom. The summed E-state index contributed by atoms with van der Waals surface area (Å²) in [5.74, 6) is 1.59. The van der Waals surface area contributed by atoms with E-state index in [-0.39, 0.29) is 30.0 Å². The van der Waals surface area contributed by atoms with Crippen LogP contribution in [0.25, 0.3) is 0 Å². The smallest absolute Gasteiger partial charge is 0.229 e. The molecule has 2 N–H and O–H groups in total. The van der Waals surface area contributed by atoms with Crippen LogP contribution >= 0.6 is 0 Å². The van der Waals surface area contributed by atoms with Crippen molar-refractivity contribution >= 4 is 22.5 Å². The molecule has 6 heteroatoms. The molecule has 1 unspecified atom stereocenters. The minimum absolute atomic E-state index is 0.0296. The second kappa shape index (κ2) is 10.5. The number of carbonyl (C=O) groups excluding carboxylic acids is 1. The molecule has 0 fully saturated rings. The third-order valence-electron chi connectivity index (χ3n) is 2.83. The molecule has 1 atom stereocenters. The zero-order valence-corrected chi connectivity index (χ0v) is 14.3. The Bertz CT molecular complexity index is 436. The number of hydrogen-bond donors (Lipinski definition) is 2. The Morgan fingerprint density at radius 1 is 1.27 bits per heavy atom. The highest BCUT2D eigenvalue weighted by Gasteiger charge is 2.09. The maximum absolute atomic E-state index is 11.7. The van der Waals surface area contributed by atoms with E-state index in [1.807, 2.05) is 6.92 Å². The number of nitrogens with one attached hydrogen (secondary N) is 1. The first-order valence-corrected chi connectivity index (χ1v) is 9.55. The standard InChI is InChI=1S/C16H25NO4S/c1-4-20-11-14(18)12-21-15-7-5-13(6-8-15)17-16(19)9-10-22(2)3/h5-8,14,18H,4,9-12H2,1-3H3/p+1. The van der Waals surface area contributed by atoms with Gasteiger partial charge in [0, 0.05) is 12.3 Å². The third-order valence-corrected chi connectivity index (χ3v) is 3.85. The van der Waals surface area contributed by atoms with E-state index in [2.05, 4.69) is 17.8 Å². The van der Waals surface area contributed by atoms with Gasteiger partial charge in [0.15, 0.2) is 0 Å². The van der Waals surface area contributed by atoms with Crippen LogP contribution in [0.4, 0.5) is 5.69 Å². The number of benzene rings is 1. The molecule has 0 aliphatic carbocycles. The second-order valence-electron chi connectivity index (χ2n) is 5.14. The molecule has 0 aliphatic rings. The van der Waals surface area contributed by atoms with Crippen molar-refractivity contribution < 1.29 is 19.4 Å². The van der Waals surface area contributed by atoms with Crippen LogP contribution in [0.1, 0.15) is 13.3 Å². The molecule has 0 aromatic heterocycles. The number of amides is 1. The second-order valence-corrected chi connectivity index (χ2v) is 7.52. The molecule has 0 aliphatic heterocycles. The molecule has 0 spiro atoms. The van der Waals surface area contributed by atoms with Gasteiger partial charge in [0.2, 0.25) is 5.91 Å². The summed E-state index contributed by atoms with van der Waals surface area (Å²) in [4.78, 5) is 11.7. The Hall–Kier alpha value is -1.24. The van der Waals surface area contributed by atoms with Gasteiger partial charge < -0.3 is 19.9 Å². The number of anilines is 1. The number of aliphatic hydroxyl groups excluding tert-OH is 1. The Balaban J connectivity index is 2.34. The third kappa shape index (κ3) is 8.26. The molecule has 1 rings (SSSR count). The van der Waals surface area contributed by atoms with E-state index in [4.69, 9.17) is 9.47 Å². The van der Waals surface area contributed by atoms with Gasteiger partial charge in [0.1, 0.15) is 24.2 Å². The first kappa shape index (κ1) is 18.8. The Kier molecular flexibility index (Phi) is 8.96. The molecule has 0 heterocycles. The van der Waals surface area contributed by atoms with Gasteiger partial charge in [-0.05, 0) is 42.1 Å². The van der Waals surface area contributed by atoms with E-state index in [9.17, 15) is 9.90 Å². The fourth-order valence-corrected chi connectivity index (χ4v) is 2.24. The number of hydrogen-bond acceptors (Lipinski definition) is 4.